The van der Waals surface area contributed by atoms with Gasteiger partial charge in [0, 0.05) is 42.6 Å². The topological polar surface area (TPSA) is 62.8 Å². The Morgan fingerprint density at radius 2 is 1.27 bits per heavy atom. The summed E-state index contributed by atoms with van der Waals surface area (Å²) in [4.78, 5) is 15.5. The summed E-state index contributed by atoms with van der Waals surface area (Å²) in [6.07, 6.45) is 0.667. The summed E-state index contributed by atoms with van der Waals surface area (Å²) >= 11 is 0. The third-order valence-corrected chi connectivity index (χ3v) is 7.08. The van der Waals surface area contributed by atoms with Gasteiger partial charge in [-0.3, -0.25) is 9.69 Å². The average Bonchev–Trinajstić information content (AvgIpc) is 3.31. The molecule has 0 spiro atoms. The highest BCUT2D eigenvalue weighted by Gasteiger charge is 2.29. The Morgan fingerprint density at radius 1 is 0.750 bits per heavy atom. The predicted molar refractivity (Wildman–Crippen MR) is 161 cm³/mol. The lowest BCUT2D eigenvalue weighted by atomic mass is 10.0. The van der Waals surface area contributed by atoms with Crippen LogP contribution < -0.4 is 20.1 Å². The molecule has 2 N–H and O–H groups in total. The summed E-state index contributed by atoms with van der Waals surface area (Å²) in [5, 5.41) is 6.47. The van der Waals surface area contributed by atoms with Crippen molar-refractivity contribution < 1.29 is 14.3 Å². The fraction of sp³-hybridized carbons (Fsp3) is 0.206. The summed E-state index contributed by atoms with van der Waals surface area (Å²) in [6.45, 7) is 4.60. The first-order chi connectivity index (χ1) is 19.6. The number of hydrogen-bond acceptors (Lipinski definition) is 5. The molecule has 1 aliphatic heterocycles. The molecule has 0 saturated heterocycles. The number of methoxy groups -OCH3 is 2. The molecule has 1 aliphatic rings. The van der Waals surface area contributed by atoms with Gasteiger partial charge in [-0.1, -0.05) is 79.7 Å². The maximum atomic E-state index is 13.0. The van der Waals surface area contributed by atoms with Crippen LogP contribution in [0.2, 0.25) is 0 Å². The van der Waals surface area contributed by atoms with Crippen molar-refractivity contribution in [3.8, 4) is 11.5 Å². The maximum absolute atomic E-state index is 13.0. The molecule has 0 unspecified atom stereocenters. The largest absolute Gasteiger partial charge is 0.493 e. The average molecular weight is 534 g/mol. The molecule has 40 heavy (non-hydrogen) atoms. The van der Waals surface area contributed by atoms with E-state index in [1.807, 2.05) is 13.0 Å². The van der Waals surface area contributed by atoms with Gasteiger partial charge in [0.25, 0.3) is 5.91 Å². The molecule has 1 heterocycles. The molecule has 5 rings (SSSR count). The van der Waals surface area contributed by atoms with Gasteiger partial charge in [0.15, 0.2) is 11.5 Å². The Morgan fingerprint density at radius 3 is 1.80 bits per heavy atom. The molecule has 6 heteroatoms. The minimum absolute atomic E-state index is 0.135. The number of hydrogen-bond donors (Lipinski definition) is 2. The van der Waals surface area contributed by atoms with Crippen LogP contribution in [0.3, 0.4) is 0 Å². The summed E-state index contributed by atoms with van der Waals surface area (Å²) in [5.74, 6) is 1.03. The van der Waals surface area contributed by atoms with Crippen LogP contribution in [0.25, 0.3) is 5.57 Å². The minimum Gasteiger partial charge on any atom is -0.493 e. The maximum Gasteiger partial charge on any atom is 0.258 e. The molecule has 0 aromatic heterocycles. The molecule has 0 saturated carbocycles. The summed E-state index contributed by atoms with van der Waals surface area (Å²) in [7, 11) is 3.18. The number of rotatable bonds is 11. The molecule has 4 aromatic carbocycles. The van der Waals surface area contributed by atoms with Gasteiger partial charge in [-0.05, 0) is 41.3 Å². The first-order valence-electron chi connectivity index (χ1n) is 13.5. The van der Waals surface area contributed by atoms with Gasteiger partial charge < -0.3 is 20.1 Å². The lowest BCUT2D eigenvalue weighted by Gasteiger charge is -2.23. The molecule has 0 bridgehead atoms. The van der Waals surface area contributed by atoms with Crippen molar-refractivity contribution >= 4 is 22.9 Å². The second-order valence-corrected chi connectivity index (χ2v) is 9.85. The fourth-order valence-electron chi connectivity index (χ4n) is 5.10. The van der Waals surface area contributed by atoms with E-state index < -0.39 is 0 Å². The zero-order valence-electron chi connectivity index (χ0n) is 23.2. The summed E-state index contributed by atoms with van der Waals surface area (Å²) in [6, 6.07) is 33.3. The van der Waals surface area contributed by atoms with Crippen LogP contribution in [0.4, 0.5) is 11.4 Å². The van der Waals surface area contributed by atoms with Crippen LogP contribution in [-0.2, 0) is 24.4 Å². The molecule has 204 valence electrons. The summed E-state index contributed by atoms with van der Waals surface area (Å²) < 4.78 is 10.9. The Hall–Kier alpha value is -4.55. The van der Waals surface area contributed by atoms with E-state index in [1.165, 1.54) is 16.7 Å². The molecule has 1 amide bonds. The normalized spacial score (nSPS) is 13.6. The molecule has 4 aromatic rings. The van der Waals surface area contributed by atoms with E-state index in [0.717, 1.165) is 42.3 Å². The third-order valence-electron chi connectivity index (χ3n) is 7.08. The van der Waals surface area contributed by atoms with E-state index in [0.29, 0.717) is 23.5 Å². The third kappa shape index (κ3) is 6.19. The van der Waals surface area contributed by atoms with Crippen LogP contribution in [0, 0.1) is 0 Å². The minimum atomic E-state index is -0.135. The summed E-state index contributed by atoms with van der Waals surface area (Å²) in [5.41, 5.74) is 7.75. The van der Waals surface area contributed by atoms with E-state index in [2.05, 4.69) is 100 Å². The Balaban J connectivity index is 1.35. The van der Waals surface area contributed by atoms with Gasteiger partial charge in [-0.15, -0.1) is 0 Å². The van der Waals surface area contributed by atoms with Gasteiger partial charge in [0.1, 0.15) is 0 Å². The van der Waals surface area contributed by atoms with Crippen molar-refractivity contribution in [2.24, 2.45) is 0 Å². The quantitative estimate of drug-likeness (QED) is 0.202. The standard InChI is InChI=1S/C34H35N3O3/c1-4-29(33-28-19-31(39-2)32(40-3)20-30(28)36-34(33)38)35-27-17-15-26(16-18-27)23-37(21-24-11-7-5-8-12-24)22-25-13-9-6-10-14-25/h5-20,35H,4,21-23H2,1-3H3,(H,36,38)/b33-29-. The number of carbonyl (C=O) groups is 1. The number of amides is 1. The number of carbonyl (C=O) groups excluding carboxylic acids is 1. The van der Waals surface area contributed by atoms with Gasteiger partial charge in [-0.2, -0.15) is 0 Å². The van der Waals surface area contributed by atoms with E-state index in [9.17, 15) is 4.79 Å². The lowest BCUT2D eigenvalue weighted by molar-refractivity contribution is -0.110. The van der Waals surface area contributed by atoms with E-state index >= 15 is 0 Å². The molecule has 6 nitrogen and oxygen atoms in total. The zero-order chi connectivity index (χ0) is 27.9. The second kappa shape index (κ2) is 12.5. The molecule has 0 aliphatic carbocycles. The number of fused-ring (bicyclic) bond motifs is 1. The van der Waals surface area contributed by atoms with Crippen LogP contribution in [0.1, 0.15) is 35.6 Å². The molecule has 0 atom stereocenters. The van der Waals surface area contributed by atoms with Crippen molar-refractivity contribution in [2.45, 2.75) is 33.0 Å². The molecule has 0 radical (unpaired) electrons. The number of nitrogens with zero attached hydrogens (tertiary/aromatic N) is 1. The van der Waals surface area contributed by atoms with Gasteiger partial charge in [0.05, 0.1) is 25.5 Å². The highest BCUT2D eigenvalue weighted by Crippen LogP contribution is 2.42. The predicted octanol–water partition coefficient (Wildman–Crippen LogP) is 7.09. The first-order valence-corrected chi connectivity index (χ1v) is 13.5. The lowest BCUT2D eigenvalue weighted by Crippen LogP contribution is -2.22. The molecular weight excluding hydrogens is 498 g/mol. The fourth-order valence-corrected chi connectivity index (χ4v) is 5.10. The van der Waals surface area contributed by atoms with E-state index in [1.54, 1.807) is 20.3 Å². The van der Waals surface area contributed by atoms with E-state index in [4.69, 9.17) is 9.47 Å². The van der Waals surface area contributed by atoms with Crippen molar-refractivity contribution in [1.29, 1.82) is 0 Å². The van der Waals surface area contributed by atoms with Gasteiger partial charge in [-0.25, -0.2) is 0 Å². The highest BCUT2D eigenvalue weighted by molar-refractivity contribution is 6.32. The number of ether oxygens (including phenoxy) is 2. The highest BCUT2D eigenvalue weighted by atomic mass is 16.5. The van der Waals surface area contributed by atoms with Crippen LogP contribution >= 0.6 is 0 Å². The van der Waals surface area contributed by atoms with Gasteiger partial charge >= 0.3 is 0 Å². The second-order valence-electron chi connectivity index (χ2n) is 9.85. The number of allylic oxidation sites excluding steroid dienone is 1. The van der Waals surface area contributed by atoms with Crippen LogP contribution in [0.5, 0.6) is 11.5 Å². The smallest absolute Gasteiger partial charge is 0.258 e. The molecular formula is C34H35N3O3. The van der Waals surface area contributed by atoms with Crippen molar-refractivity contribution in [1.82, 2.24) is 4.90 Å². The van der Waals surface area contributed by atoms with Crippen LogP contribution in [-0.4, -0.2) is 25.0 Å². The molecule has 0 fully saturated rings. The monoisotopic (exact) mass is 533 g/mol. The van der Waals surface area contributed by atoms with E-state index in [-0.39, 0.29) is 5.91 Å². The zero-order valence-corrected chi connectivity index (χ0v) is 23.2. The number of nitrogens with one attached hydrogen (secondary N) is 2. The Labute approximate surface area is 236 Å². The first kappa shape index (κ1) is 27.0. The van der Waals surface area contributed by atoms with Crippen LogP contribution in [0.15, 0.2) is 103 Å². The SMILES string of the molecule is CC/C(Nc1ccc(CN(Cc2ccccc2)Cc2ccccc2)cc1)=C1/C(=O)Nc2cc(OC)c(OC)cc21. The Kier molecular flexibility index (Phi) is 8.47. The van der Waals surface area contributed by atoms with Crippen molar-refractivity contribution in [2.75, 3.05) is 24.9 Å². The van der Waals surface area contributed by atoms with Crippen molar-refractivity contribution in [3.05, 3.63) is 125 Å². The van der Waals surface area contributed by atoms with Gasteiger partial charge in [0.2, 0.25) is 0 Å². The van der Waals surface area contributed by atoms with Crippen molar-refractivity contribution in [3.63, 3.8) is 0 Å². The number of anilines is 2. The Bertz CT molecular complexity index is 1440. The number of benzene rings is 4.